The Hall–Kier alpha value is -2.32. The summed E-state index contributed by atoms with van der Waals surface area (Å²) in [6.07, 6.45) is 1.43. The van der Waals surface area contributed by atoms with Crippen molar-refractivity contribution in [3.8, 4) is 6.07 Å². The van der Waals surface area contributed by atoms with E-state index in [1.807, 2.05) is 36.4 Å². The van der Waals surface area contributed by atoms with Crippen LogP contribution in [0.15, 0.2) is 42.1 Å². The van der Waals surface area contributed by atoms with E-state index in [0.29, 0.717) is 19.7 Å². The molecular formula is C14H17N3O2. The van der Waals surface area contributed by atoms with E-state index in [1.165, 1.54) is 6.20 Å². The summed E-state index contributed by atoms with van der Waals surface area (Å²) in [5, 5.41) is 14.4. The number of nitriles is 1. The largest absolute Gasteiger partial charge is 0.386 e. The zero-order valence-corrected chi connectivity index (χ0v) is 10.8. The Morgan fingerprint density at radius 2 is 2.16 bits per heavy atom. The van der Waals surface area contributed by atoms with Gasteiger partial charge >= 0.3 is 0 Å². The van der Waals surface area contributed by atoms with Gasteiger partial charge in [-0.3, -0.25) is 4.79 Å². The van der Waals surface area contributed by atoms with Gasteiger partial charge in [0.25, 0.3) is 5.91 Å². The van der Waals surface area contributed by atoms with Crippen LogP contribution < -0.4 is 10.6 Å². The molecule has 1 amide bonds. The molecule has 19 heavy (non-hydrogen) atoms. The molecular weight excluding hydrogens is 242 g/mol. The highest BCUT2D eigenvalue weighted by Gasteiger charge is 2.07. The van der Waals surface area contributed by atoms with Crippen molar-refractivity contribution in [2.75, 3.05) is 20.3 Å². The van der Waals surface area contributed by atoms with Gasteiger partial charge in [0.1, 0.15) is 11.6 Å². The van der Waals surface area contributed by atoms with Crippen molar-refractivity contribution in [2.45, 2.75) is 6.54 Å². The number of methoxy groups -OCH3 is 1. The molecule has 0 radical (unpaired) electrons. The van der Waals surface area contributed by atoms with Crippen molar-refractivity contribution in [1.82, 2.24) is 10.6 Å². The van der Waals surface area contributed by atoms with Crippen LogP contribution in [-0.4, -0.2) is 26.2 Å². The standard InChI is InChI=1S/C14H17N3O2/c1-19-8-7-17-14(18)13(9-15)11-16-10-12-5-3-2-4-6-12/h2-6,11,16H,7-8,10H2,1H3,(H,17,18)/b13-11-. The molecule has 5 heteroatoms. The highest BCUT2D eigenvalue weighted by Crippen LogP contribution is 1.98. The predicted molar refractivity (Wildman–Crippen MR) is 71.9 cm³/mol. The molecule has 0 aliphatic carbocycles. The molecule has 0 bridgehead atoms. The van der Waals surface area contributed by atoms with Gasteiger partial charge in [-0.2, -0.15) is 5.26 Å². The maximum absolute atomic E-state index is 11.6. The number of carbonyl (C=O) groups is 1. The fraction of sp³-hybridized carbons (Fsp3) is 0.286. The minimum atomic E-state index is -0.403. The van der Waals surface area contributed by atoms with Crippen LogP contribution in [0.25, 0.3) is 0 Å². The van der Waals surface area contributed by atoms with Crippen LogP contribution >= 0.6 is 0 Å². The Kier molecular flexibility index (Phi) is 6.77. The predicted octanol–water partition coefficient (Wildman–Crippen LogP) is 0.946. The number of benzene rings is 1. The number of hydrogen-bond acceptors (Lipinski definition) is 4. The van der Waals surface area contributed by atoms with Gasteiger partial charge in [0.15, 0.2) is 0 Å². The minimum absolute atomic E-state index is 0.0482. The number of nitrogens with zero attached hydrogens (tertiary/aromatic N) is 1. The Morgan fingerprint density at radius 3 is 2.79 bits per heavy atom. The van der Waals surface area contributed by atoms with Crippen molar-refractivity contribution in [2.24, 2.45) is 0 Å². The van der Waals surface area contributed by atoms with Crippen molar-refractivity contribution in [3.63, 3.8) is 0 Å². The van der Waals surface area contributed by atoms with Crippen molar-refractivity contribution in [3.05, 3.63) is 47.7 Å². The molecule has 0 saturated heterocycles. The summed E-state index contributed by atoms with van der Waals surface area (Å²) in [7, 11) is 1.55. The monoisotopic (exact) mass is 259 g/mol. The average Bonchev–Trinajstić information content (AvgIpc) is 2.45. The van der Waals surface area contributed by atoms with E-state index in [0.717, 1.165) is 5.56 Å². The lowest BCUT2D eigenvalue weighted by Crippen LogP contribution is -2.28. The number of ether oxygens (including phenoxy) is 1. The molecule has 0 saturated carbocycles. The van der Waals surface area contributed by atoms with Gasteiger partial charge in [-0.1, -0.05) is 30.3 Å². The first-order chi connectivity index (χ1) is 9.27. The van der Waals surface area contributed by atoms with Gasteiger partial charge in [-0.25, -0.2) is 0 Å². The molecule has 1 aromatic rings. The third-order valence-corrected chi connectivity index (χ3v) is 2.35. The molecule has 0 aliphatic rings. The second-order valence-electron chi connectivity index (χ2n) is 3.79. The highest BCUT2D eigenvalue weighted by atomic mass is 16.5. The van der Waals surface area contributed by atoms with Gasteiger partial charge in [0, 0.05) is 26.4 Å². The summed E-state index contributed by atoms with van der Waals surface area (Å²) in [5.74, 6) is -0.403. The van der Waals surface area contributed by atoms with E-state index in [9.17, 15) is 4.79 Å². The maximum Gasteiger partial charge on any atom is 0.263 e. The molecule has 0 atom stereocenters. The van der Waals surface area contributed by atoms with Gasteiger partial charge in [-0.05, 0) is 5.56 Å². The summed E-state index contributed by atoms with van der Waals surface area (Å²) in [6, 6.07) is 11.6. The Bertz CT molecular complexity index is 463. The molecule has 100 valence electrons. The van der Waals surface area contributed by atoms with Crippen molar-refractivity contribution in [1.29, 1.82) is 5.26 Å². The topological polar surface area (TPSA) is 74.1 Å². The quantitative estimate of drug-likeness (QED) is 0.434. The lowest BCUT2D eigenvalue weighted by Gasteiger charge is -2.04. The van der Waals surface area contributed by atoms with Crippen LogP contribution in [0.2, 0.25) is 0 Å². The third-order valence-electron chi connectivity index (χ3n) is 2.35. The van der Waals surface area contributed by atoms with E-state index in [2.05, 4.69) is 10.6 Å². The Morgan fingerprint density at radius 1 is 1.42 bits per heavy atom. The lowest BCUT2D eigenvalue weighted by atomic mass is 10.2. The van der Waals surface area contributed by atoms with E-state index in [-0.39, 0.29) is 5.57 Å². The SMILES string of the molecule is COCCNC(=O)/C(C#N)=C\NCc1ccccc1. The number of amides is 1. The fourth-order valence-electron chi connectivity index (χ4n) is 1.38. The van der Waals surface area contributed by atoms with Gasteiger partial charge in [-0.15, -0.1) is 0 Å². The maximum atomic E-state index is 11.6. The molecule has 1 rings (SSSR count). The van der Waals surface area contributed by atoms with Crippen LogP contribution in [0.5, 0.6) is 0 Å². The number of nitrogens with one attached hydrogen (secondary N) is 2. The first-order valence-electron chi connectivity index (χ1n) is 5.92. The average molecular weight is 259 g/mol. The number of hydrogen-bond donors (Lipinski definition) is 2. The molecule has 0 heterocycles. The minimum Gasteiger partial charge on any atom is -0.386 e. The van der Waals surface area contributed by atoms with Gasteiger partial charge in [0.05, 0.1) is 6.61 Å². The molecule has 0 unspecified atom stereocenters. The Balaban J connectivity index is 2.44. The van der Waals surface area contributed by atoms with Crippen molar-refractivity contribution >= 4 is 5.91 Å². The van der Waals surface area contributed by atoms with E-state index in [1.54, 1.807) is 7.11 Å². The molecule has 5 nitrogen and oxygen atoms in total. The summed E-state index contributed by atoms with van der Waals surface area (Å²) >= 11 is 0. The van der Waals surface area contributed by atoms with E-state index in [4.69, 9.17) is 10.00 Å². The summed E-state index contributed by atoms with van der Waals surface area (Å²) in [6.45, 7) is 1.37. The molecule has 0 fully saturated rings. The number of rotatable bonds is 7. The molecule has 0 aromatic heterocycles. The molecule has 1 aromatic carbocycles. The van der Waals surface area contributed by atoms with Crippen LogP contribution in [0.3, 0.4) is 0 Å². The third kappa shape index (κ3) is 5.70. The second-order valence-corrected chi connectivity index (χ2v) is 3.79. The summed E-state index contributed by atoms with van der Waals surface area (Å²) < 4.78 is 4.81. The fourth-order valence-corrected chi connectivity index (χ4v) is 1.38. The van der Waals surface area contributed by atoms with Crippen LogP contribution in [0.4, 0.5) is 0 Å². The van der Waals surface area contributed by atoms with E-state index >= 15 is 0 Å². The number of carbonyl (C=O) groups excluding carboxylic acids is 1. The zero-order chi connectivity index (χ0) is 13.9. The normalized spacial score (nSPS) is 10.6. The zero-order valence-electron chi connectivity index (χ0n) is 10.8. The molecule has 2 N–H and O–H groups in total. The Labute approximate surface area is 112 Å². The smallest absolute Gasteiger partial charge is 0.263 e. The first kappa shape index (κ1) is 14.7. The second kappa shape index (κ2) is 8.72. The summed E-state index contributed by atoms with van der Waals surface area (Å²) in [4.78, 5) is 11.6. The van der Waals surface area contributed by atoms with Gasteiger partial charge in [0.2, 0.25) is 0 Å². The molecule has 0 aliphatic heterocycles. The van der Waals surface area contributed by atoms with Crippen molar-refractivity contribution < 1.29 is 9.53 Å². The lowest BCUT2D eigenvalue weighted by molar-refractivity contribution is -0.117. The van der Waals surface area contributed by atoms with Crippen LogP contribution in [-0.2, 0) is 16.1 Å². The highest BCUT2D eigenvalue weighted by molar-refractivity contribution is 5.97. The molecule has 0 spiro atoms. The first-order valence-corrected chi connectivity index (χ1v) is 5.92. The summed E-state index contributed by atoms with van der Waals surface area (Å²) in [5.41, 5.74) is 1.13. The van der Waals surface area contributed by atoms with Gasteiger partial charge < -0.3 is 15.4 Å². The van der Waals surface area contributed by atoms with Crippen LogP contribution in [0.1, 0.15) is 5.56 Å². The van der Waals surface area contributed by atoms with Crippen LogP contribution in [0, 0.1) is 11.3 Å². The van der Waals surface area contributed by atoms with E-state index < -0.39 is 5.91 Å².